The molecule has 0 aromatic heterocycles. The van der Waals surface area contributed by atoms with Gasteiger partial charge in [-0.25, -0.2) is 0 Å². The highest BCUT2D eigenvalue weighted by Crippen LogP contribution is 2.38. The molecule has 0 radical (unpaired) electrons. The largest absolute Gasteiger partial charge is 0.312 e. The van der Waals surface area contributed by atoms with Crippen LogP contribution >= 0.6 is 0 Å². The molecular weight excluding hydrogens is 376 g/mol. The second-order valence-corrected chi connectivity index (χ2v) is 12.3. The molecule has 2 aliphatic rings. The number of nitrogens with zero attached hydrogens (tertiary/aromatic N) is 1. The SMILES string of the molecule is CC(C)c1ccc2c(c1)CN(CC(C)(C)c1ccc3c(c1)CNCC3(C)C)CC2(C)C. The van der Waals surface area contributed by atoms with Crippen molar-refractivity contribution in [2.24, 2.45) is 0 Å². The molecule has 2 aromatic rings. The van der Waals surface area contributed by atoms with Crippen LogP contribution in [0.25, 0.3) is 0 Å². The van der Waals surface area contributed by atoms with Crippen molar-refractivity contribution in [3.63, 3.8) is 0 Å². The molecule has 0 amide bonds. The lowest BCUT2D eigenvalue weighted by Gasteiger charge is -2.43. The van der Waals surface area contributed by atoms with Crippen LogP contribution in [0.2, 0.25) is 0 Å². The maximum absolute atomic E-state index is 3.62. The van der Waals surface area contributed by atoms with Gasteiger partial charge in [-0.2, -0.15) is 0 Å². The van der Waals surface area contributed by atoms with Gasteiger partial charge < -0.3 is 5.32 Å². The highest BCUT2D eigenvalue weighted by Gasteiger charge is 2.35. The Hall–Kier alpha value is -1.64. The van der Waals surface area contributed by atoms with E-state index in [9.17, 15) is 0 Å². The zero-order valence-electron chi connectivity index (χ0n) is 21.0. The highest BCUT2D eigenvalue weighted by molar-refractivity contribution is 5.42. The van der Waals surface area contributed by atoms with E-state index in [1.54, 1.807) is 0 Å². The van der Waals surface area contributed by atoms with E-state index < -0.39 is 0 Å². The van der Waals surface area contributed by atoms with Gasteiger partial charge in [0.2, 0.25) is 0 Å². The van der Waals surface area contributed by atoms with E-state index in [1.165, 1.54) is 33.4 Å². The van der Waals surface area contributed by atoms with Crippen LogP contribution in [0.5, 0.6) is 0 Å². The van der Waals surface area contributed by atoms with Gasteiger partial charge in [-0.1, -0.05) is 91.8 Å². The summed E-state index contributed by atoms with van der Waals surface area (Å²) in [4.78, 5) is 2.69. The van der Waals surface area contributed by atoms with E-state index in [1.807, 2.05) is 0 Å². The summed E-state index contributed by atoms with van der Waals surface area (Å²) in [6.07, 6.45) is 0. The Morgan fingerprint density at radius 3 is 2.32 bits per heavy atom. The van der Waals surface area contributed by atoms with Crippen LogP contribution in [-0.4, -0.2) is 24.5 Å². The molecule has 31 heavy (non-hydrogen) atoms. The van der Waals surface area contributed by atoms with Crippen LogP contribution in [0.3, 0.4) is 0 Å². The lowest BCUT2D eigenvalue weighted by molar-refractivity contribution is 0.161. The van der Waals surface area contributed by atoms with E-state index in [-0.39, 0.29) is 16.2 Å². The molecule has 0 atom stereocenters. The van der Waals surface area contributed by atoms with Gasteiger partial charge in [0.25, 0.3) is 0 Å². The Labute approximate surface area is 190 Å². The fourth-order valence-electron chi connectivity index (χ4n) is 5.89. The van der Waals surface area contributed by atoms with Gasteiger partial charge in [0.15, 0.2) is 0 Å². The van der Waals surface area contributed by atoms with Crippen molar-refractivity contribution < 1.29 is 0 Å². The predicted molar refractivity (Wildman–Crippen MR) is 133 cm³/mol. The number of benzene rings is 2. The molecule has 2 aromatic carbocycles. The summed E-state index contributed by atoms with van der Waals surface area (Å²) in [7, 11) is 0. The summed E-state index contributed by atoms with van der Waals surface area (Å²) in [5.74, 6) is 0.577. The van der Waals surface area contributed by atoms with Gasteiger partial charge in [-0.3, -0.25) is 4.90 Å². The Morgan fingerprint density at radius 2 is 1.61 bits per heavy atom. The predicted octanol–water partition coefficient (Wildman–Crippen LogP) is 6.26. The summed E-state index contributed by atoms with van der Waals surface area (Å²) >= 11 is 0. The average molecular weight is 419 g/mol. The summed E-state index contributed by atoms with van der Waals surface area (Å²) < 4.78 is 0. The first-order chi connectivity index (χ1) is 14.4. The van der Waals surface area contributed by atoms with Crippen LogP contribution in [0.4, 0.5) is 0 Å². The first-order valence-corrected chi connectivity index (χ1v) is 12.1. The second-order valence-electron chi connectivity index (χ2n) is 12.3. The summed E-state index contributed by atoms with van der Waals surface area (Å²) in [5, 5.41) is 3.62. The molecule has 1 N–H and O–H groups in total. The Balaban J connectivity index is 1.59. The van der Waals surface area contributed by atoms with E-state index >= 15 is 0 Å². The number of rotatable bonds is 4. The minimum atomic E-state index is 0.111. The average Bonchev–Trinajstić information content (AvgIpc) is 2.66. The summed E-state index contributed by atoms with van der Waals surface area (Å²) in [6.45, 7) is 24.2. The first kappa shape index (κ1) is 22.6. The number of fused-ring (bicyclic) bond motifs is 2. The maximum Gasteiger partial charge on any atom is 0.0237 e. The lowest BCUT2D eigenvalue weighted by atomic mass is 9.74. The van der Waals surface area contributed by atoms with E-state index in [0.29, 0.717) is 5.92 Å². The molecule has 0 saturated heterocycles. The first-order valence-electron chi connectivity index (χ1n) is 12.1. The third-order valence-electron chi connectivity index (χ3n) is 7.66. The number of hydrogen-bond donors (Lipinski definition) is 1. The summed E-state index contributed by atoms with van der Waals surface area (Å²) in [5.41, 5.74) is 9.48. The fraction of sp³-hybridized carbons (Fsp3) is 0.586. The number of nitrogens with one attached hydrogen (secondary N) is 1. The van der Waals surface area contributed by atoms with Crippen LogP contribution < -0.4 is 5.32 Å². The molecule has 2 aliphatic heterocycles. The third-order valence-corrected chi connectivity index (χ3v) is 7.66. The van der Waals surface area contributed by atoms with Gasteiger partial charge in [-0.05, 0) is 39.3 Å². The molecule has 0 unspecified atom stereocenters. The van der Waals surface area contributed by atoms with Gasteiger partial charge >= 0.3 is 0 Å². The van der Waals surface area contributed by atoms with Crippen molar-refractivity contribution >= 4 is 0 Å². The molecule has 2 heteroatoms. The fourth-order valence-corrected chi connectivity index (χ4v) is 5.89. The third kappa shape index (κ3) is 4.34. The van der Waals surface area contributed by atoms with Gasteiger partial charge in [-0.15, -0.1) is 0 Å². The monoisotopic (exact) mass is 418 g/mol. The van der Waals surface area contributed by atoms with E-state index in [2.05, 4.69) is 102 Å². The molecule has 0 bridgehead atoms. The molecule has 0 saturated carbocycles. The quantitative estimate of drug-likeness (QED) is 0.630. The van der Waals surface area contributed by atoms with Crippen molar-refractivity contribution in [3.05, 3.63) is 69.8 Å². The normalized spacial score (nSPS) is 20.4. The minimum absolute atomic E-state index is 0.111. The minimum Gasteiger partial charge on any atom is -0.312 e. The second kappa shape index (κ2) is 7.74. The van der Waals surface area contributed by atoms with Crippen LogP contribution in [0, 0.1) is 0 Å². The smallest absolute Gasteiger partial charge is 0.0237 e. The molecule has 4 rings (SSSR count). The van der Waals surface area contributed by atoms with Crippen molar-refractivity contribution in [1.29, 1.82) is 0 Å². The molecular formula is C29H42N2. The van der Waals surface area contributed by atoms with Crippen molar-refractivity contribution in [3.8, 4) is 0 Å². The molecule has 0 spiro atoms. The Bertz CT molecular complexity index is 965. The lowest BCUT2D eigenvalue weighted by Crippen LogP contribution is -2.47. The zero-order valence-corrected chi connectivity index (χ0v) is 21.0. The van der Waals surface area contributed by atoms with Crippen molar-refractivity contribution in [2.75, 3.05) is 19.6 Å². The highest BCUT2D eigenvalue weighted by atomic mass is 15.1. The Morgan fingerprint density at radius 1 is 0.935 bits per heavy atom. The van der Waals surface area contributed by atoms with Gasteiger partial charge in [0, 0.05) is 49.0 Å². The summed E-state index contributed by atoms with van der Waals surface area (Å²) in [6, 6.07) is 14.5. The van der Waals surface area contributed by atoms with E-state index in [4.69, 9.17) is 0 Å². The Kier molecular flexibility index (Phi) is 5.63. The van der Waals surface area contributed by atoms with Crippen LogP contribution in [0.15, 0.2) is 36.4 Å². The molecule has 2 heterocycles. The molecule has 0 aliphatic carbocycles. The van der Waals surface area contributed by atoms with Gasteiger partial charge in [0.1, 0.15) is 0 Å². The number of hydrogen-bond acceptors (Lipinski definition) is 2. The van der Waals surface area contributed by atoms with Crippen molar-refractivity contribution in [1.82, 2.24) is 10.2 Å². The zero-order chi connectivity index (χ0) is 22.6. The maximum atomic E-state index is 3.62. The molecule has 168 valence electrons. The topological polar surface area (TPSA) is 15.3 Å². The molecule has 0 fully saturated rings. The van der Waals surface area contributed by atoms with Crippen LogP contribution in [0.1, 0.15) is 94.7 Å². The molecule has 2 nitrogen and oxygen atoms in total. The van der Waals surface area contributed by atoms with E-state index in [0.717, 1.165) is 32.7 Å². The van der Waals surface area contributed by atoms with Gasteiger partial charge in [0.05, 0.1) is 0 Å². The van der Waals surface area contributed by atoms with Crippen LogP contribution in [-0.2, 0) is 29.3 Å². The standard InChI is InChI=1S/C29H42N2/c1-20(2)21-9-11-26-23(13-21)16-31(19-29(26,7)8)18-28(5,6)24-10-12-25-22(14-24)15-30-17-27(25,3)4/h9-14,20,30H,15-19H2,1-8H3. The van der Waals surface area contributed by atoms with Crippen molar-refractivity contribution in [2.45, 2.75) is 90.6 Å².